The summed E-state index contributed by atoms with van der Waals surface area (Å²) >= 11 is 0. The van der Waals surface area contributed by atoms with E-state index < -0.39 is 35.8 Å². The smallest absolute Gasteiger partial charge is 0.348 e. The molecular weight excluding hydrogens is 369 g/mol. The van der Waals surface area contributed by atoms with E-state index in [0.717, 1.165) is 23.0 Å². The molecule has 0 saturated heterocycles. The van der Waals surface area contributed by atoms with E-state index in [1.807, 2.05) is 0 Å². The van der Waals surface area contributed by atoms with E-state index in [4.69, 9.17) is 0 Å². The van der Waals surface area contributed by atoms with Crippen LogP contribution < -0.4 is 5.32 Å². The molecule has 1 N–H and O–H groups in total. The van der Waals surface area contributed by atoms with Gasteiger partial charge in [-0.15, -0.1) is 0 Å². The topological polar surface area (TPSA) is 46.9 Å². The molecule has 140 valence electrons. The Bertz CT molecular complexity index is 981. The number of amides is 1. The molecule has 27 heavy (non-hydrogen) atoms. The summed E-state index contributed by atoms with van der Waals surface area (Å²) in [5, 5.41) is 6.20. The Morgan fingerprint density at radius 3 is 2.56 bits per heavy atom. The highest BCUT2D eigenvalue weighted by Gasteiger charge is 2.33. The molecule has 1 heterocycles. The first-order chi connectivity index (χ1) is 12.8. The second-order valence-electron chi connectivity index (χ2n) is 5.61. The van der Waals surface area contributed by atoms with Gasteiger partial charge in [0.25, 0.3) is 5.91 Å². The Labute approximate surface area is 150 Å². The van der Waals surface area contributed by atoms with Crippen molar-refractivity contribution >= 4 is 5.91 Å². The van der Waals surface area contributed by atoms with Gasteiger partial charge in [0.2, 0.25) is 0 Å². The third-order valence-electron chi connectivity index (χ3n) is 3.76. The molecule has 3 aromatic rings. The lowest BCUT2D eigenvalue weighted by atomic mass is 10.1. The normalized spacial score (nSPS) is 11.4. The highest BCUT2D eigenvalue weighted by Crippen LogP contribution is 2.32. The van der Waals surface area contributed by atoms with Gasteiger partial charge < -0.3 is 5.32 Å². The van der Waals surface area contributed by atoms with Crippen LogP contribution in [0.5, 0.6) is 0 Å². The van der Waals surface area contributed by atoms with Crippen molar-refractivity contribution in [3.05, 3.63) is 83.2 Å². The molecule has 9 heteroatoms. The standard InChI is InChI=1S/C18H12F5N3O/c19-13-6-5-11(14(7-13)18(21,22)23)8-24-17(27)12-9-25-26(10-12)16-4-2-1-3-15(16)20/h1-7,9-10H,8H2,(H,24,27). The van der Waals surface area contributed by atoms with Crippen molar-refractivity contribution in [2.24, 2.45) is 0 Å². The third kappa shape index (κ3) is 4.13. The lowest BCUT2D eigenvalue weighted by molar-refractivity contribution is -0.138. The van der Waals surface area contributed by atoms with Crippen LogP contribution in [0.25, 0.3) is 5.69 Å². The number of nitrogens with zero attached hydrogens (tertiary/aromatic N) is 2. The average molecular weight is 381 g/mol. The van der Waals surface area contributed by atoms with Crippen LogP contribution in [0.2, 0.25) is 0 Å². The van der Waals surface area contributed by atoms with Crippen molar-refractivity contribution in [2.75, 3.05) is 0 Å². The number of carbonyl (C=O) groups is 1. The van der Waals surface area contributed by atoms with Crippen molar-refractivity contribution < 1.29 is 26.7 Å². The Morgan fingerprint density at radius 2 is 1.85 bits per heavy atom. The molecule has 0 radical (unpaired) electrons. The van der Waals surface area contributed by atoms with E-state index in [1.165, 1.54) is 24.4 Å². The van der Waals surface area contributed by atoms with Crippen molar-refractivity contribution in [2.45, 2.75) is 12.7 Å². The maximum absolute atomic E-state index is 13.7. The number of para-hydroxylation sites is 1. The van der Waals surface area contributed by atoms with E-state index in [2.05, 4.69) is 10.4 Å². The minimum atomic E-state index is -4.75. The van der Waals surface area contributed by atoms with E-state index in [9.17, 15) is 26.7 Å². The van der Waals surface area contributed by atoms with Gasteiger partial charge in [-0.25, -0.2) is 13.5 Å². The number of halogens is 5. The van der Waals surface area contributed by atoms with Crippen LogP contribution in [0, 0.1) is 11.6 Å². The molecule has 0 unspecified atom stereocenters. The summed E-state index contributed by atoms with van der Waals surface area (Å²) in [4.78, 5) is 12.2. The van der Waals surface area contributed by atoms with Crippen molar-refractivity contribution in [1.82, 2.24) is 15.1 Å². The number of benzene rings is 2. The van der Waals surface area contributed by atoms with Gasteiger partial charge in [0.15, 0.2) is 0 Å². The van der Waals surface area contributed by atoms with Gasteiger partial charge in [0, 0.05) is 12.7 Å². The fraction of sp³-hybridized carbons (Fsp3) is 0.111. The van der Waals surface area contributed by atoms with Crippen molar-refractivity contribution in [1.29, 1.82) is 0 Å². The Hall–Kier alpha value is -3.23. The highest BCUT2D eigenvalue weighted by atomic mass is 19.4. The van der Waals surface area contributed by atoms with Crippen LogP contribution in [0.4, 0.5) is 22.0 Å². The number of carbonyl (C=O) groups excluding carboxylic acids is 1. The Morgan fingerprint density at radius 1 is 1.11 bits per heavy atom. The van der Waals surface area contributed by atoms with Crippen LogP contribution in [0.1, 0.15) is 21.5 Å². The quantitative estimate of drug-likeness (QED) is 0.692. The fourth-order valence-electron chi connectivity index (χ4n) is 2.45. The second-order valence-corrected chi connectivity index (χ2v) is 5.61. The zero-order chi connectivity index (χ0) is 19.6. The second kappa shape index (κ2) is 7.18. The van der Waals surface area contributed by atoms with Gasteiger partial charge in [0.1, 0.15) is 17.3 Å². The van der Waals surface area contributed by atoms with E-state index in [-0.39, 0.29) is 16.8 Å². The summed E-state index contributed by atoms with van der Waals surface area (Å²) < 4.78 is 66.9. The van der Waals surface area contributed by atoms with E-state index >= 15 is 0 Å². The zero-order valence-electron chi connectivity index (χ0n) is 13.6. The lowest BCUT2D eigenvalue weighted by Crippen LogP contribution is -2.24. The van der Waals surface area contributed by atoms with E-state index in [1.54, 1.807) is 6.07 Å². The van der Waals surface area contributed by atoms with Gasteiger partial charge in [-0.3, -0.25) is 4.79 Å². The fourth-order valence-corrected chi connectivity index (χ4v) is 2.45. The number of nitrogens with one attached hydrogen (secondary N) is 1. The maximum Gasteiger partial charge on any atom is 0.416 e. The van der Waals surface area contributed by atoms with Gasteiger partial charge >= 0.3 is 6.18 Å². The van der Waals surface area contributed by atoms with Crippen LogP contribution in [0.3, 0.4) is 0 Å². The van der Waals surface area contributed by atoms with Crippen LogP contribution in [0.15, 0.2) is 54.9 Å². The number of rotatable bonds is 4. The summed E-state index contributed by atoms with van der Waals surface area (Å²) in [6.45, 7) is -0.459. The van der Waals surface area contributed by atoms with E-state index in [0.29, 0.717) is 6.07 Å². The largest absolute Gasteiger partial charge is 0.416 e. The number of alkyl halides is 3. The van der Waals surface area contributed by atoms with Gasteiger partial charge in [-0.2, -0.15) is 18.3 Å². The summed E-state index contributed by atoms with van der Waals surface area (Å²) in [5.74, 6) is -2.27. The molecule has 0 atom stereocenters. The zero-order valence-corrected chi connectivity index (χ0v) is 13.6. The van der Waals surface area contributed by atoms with Crippen LogP contribution >= 0.6 is 0 Å². The van der Waals surface area contributed by atoms with Gasteiger partial charge in [-0.1, -0.05) is 18.2 Å². The number of hydrogen-bond donors (Lipinski definition) is 1. The molecular formula is C18H12F5N3O. The minimum Gasteiger partial charge on any atom is -0.348 e. The summed E-state index contributed by atoms with van der Waals surface area (Å²) in [7, 11) is 0. The lowest BCUT2D eigenvalue weighted by Gasteiger charge is -2.13. The molecule has 3 rings (SSSR count). The molecule has 0 aliphatic heterocycles. The summed E-state index contributed by atoms with van der Waals surface area (Å²) in [6.07, 6.45) is -2.34. The predicted molar refractivity (Wildman–Crippen MR) is 86.1 cm³/mol. The third-order valence-corrected chi connectivity index (χ3v) is 3.76. The Balaban J connectivity index is 1.76. The highest BCUT2D eigenvalue weighted by molar-refractivity contribution is 5.93. The first-order valence-electron chi connectivity index (χ1n) is 7.69. The monoisotopic (exact) mass is 381 g/mol. The molecule has 0 spiro atoms. The number of hydrogen-bond acceptors (Lipinski definition) is 2. The van der Waals surface area contributed by atoms with Crippen LogP contribution in [-0.4, -0.2) is 15.7 Å². The maximum atomic E-state index is 13.7. The molecule has 1 aromatic heterocycles. The summed E-state index contributed by atoms with van der Waals surface area (Å²) in [6, 6.07) is 7.98. The Kier molecular flexibility index (Phi) is 4.93. The minimum absolute atomic E-state index is 0.0360. The molecule has 0 fully saturated rings. The summed E-state index contributed by atoms with van der Waals surface area (Å²) in [5.41, 5.74) is -1.29. The van der Waals surface area contributed by atoms with Crippen molar-refractivity contribution in [3.63, 3.8) is 0 Å². The predicted octanol–water partition coefficient (Wildman–Crippen LogP) is 4.10. The molecule has 0 saturated carbocycles. The molecule has 0 aliphatic carbocycles. The first-order valence-corrected chi connectivity index (χ1v) is 7.69. The van der Waals surface area contributed by atoms with Crippen molar-refractivity contribution in [3.8, 4) is 5.69 Å². The molecule has 4 nitrogen and oxygen atoms in total. The number of aromatic nitrogens is 2. The van der Waals surface area contributed by atoms with Gasteiger partial charge in [-0.05, 0) is 29.8 Å². The first kappa shape index (κ1) is 18.6. The molecule has 0 bridgehead atoms. The SMILES string of the molecule is O=C(NCc1ccc(F)cc1C(F)(F)F)c1cnn(-c2ccccc2F)c1. The van der Waals surface area contributed by atoms with Gasteiger partial charge in [0.05, 0.1) is 17.3 Å². The molecule has 2 aromatic carbocycles. The molecule has 0 aliphatic rings. The molecule has 1 amide bonds. The average Bonchev–Trinajstić information content (AvgIpc) is 3.10. The van der Waals surface area contributed by atoms with Crippen LogP contribution in [-0.2, 0) is 12.7 Å².